The molecule has 0 fully saturated rings. The van der Waals surface area contributed by atoms with Crippen molar-refractivity contribution in [2.24, 2.45) is 5.73 Å². The van der Waals surface area contributed by atoms with Gasteiger partial charge in [0.05, 0.1) is 9.85 Å². The normalized spacial score (nSPS) is 12.2. The summed E-state index contributed by atoms with van der Waals surface area (Å²) in [6, 6.07) is 0.475. The van der Waals surface area contributed by atoms with Crippen LogP contribution in [0.2, 0.25) is 0 Å². The number of ether oxygens (including phenoxy) is 1. The molecule has 0 bridgehead atoms. The lowest BCUT2D eigenvalue weighted by molar-refractivity contribution is -0.423. The van der Waals surface area contributed by atoms with Crippen LogP contribution in [-0.4, -0.2) is 63.1 Å². The number of rotatable bonds is 12. The van der Waals surface area contributed by atoms with Crippen molar-refractivity contribution in [3.05, 3.63) is 38.4 Å². The first kappa shape index (κ1) is 26.2. The highest BCUT2D eigenvalue weighted by molar-refractivity contribution is 7.80. The number of nitro groups is 2. The molecule has 0 aliphatic carbocycles. The highest BCUT2D eigenvalue weighted by Gasteiger charge is 2.31. The molecule has 0 saturated heterocycles. The summed E-state index contributed by atoms with van der Waals surface area (Å²) >= 11 is 3.91. The van der Waals surface area contributed by atoms with Crippen LogP contribution < -0.4 is 21.1 Å². The molecule has 1 unspecified atom stereocenters. The number of amides is 2. The third-order valence-corrected chi connectivity index (χ3v) is 4.19. The maximum atomic E-state index is 12.1. The molecule has 15 nitrogen and oxygen atoms in total. The van der Waals surface area contributed by atoms with Gasteiger partial charge in [0.1, 0.15) is 18.6 Å². The topological polar surface area (TPSA) is 234 Å². The molecule has 1 aromatic rings. The van der Waals surface area contributed by atoms with Crippen molar-refractivity contribution in [2.75, 3.05) is 12.3 Å². The number of nitrogens with zero attached hydrogens (tertiary/aromatic N) is 2. The minimum Gasteiger partial charge on any atom is -0.480 e. The number of thiol groups is 1. The van der Waals surface area contributed by atoms with Crippen LogP contribution >= 0.6 is 12.6 Å². The van der Waals surface area contributed by atoms with Crippen molar-refractivity contribution in [1.82, 2.24) is 10.6 Å². The van der Waals surface area contributed by atoms with Gasteiger partial charge in [0, 0.05) is 18.2 Å². The van der Waals surface area contributed by atoms with E-state index in [1.807, 2.05) is 0 Å². The first-order valence-corrected chi connectivity index (χ1v) is 9.40. The minimum atomic E-state index is -1.29. The number of hydrogen-bond acceptors (Lipinski definition) is 11. The van der Waals surface area contributed by atoms with Gasteiger partial charge in [-0.05, 0) is 12.5 Å². The highest BCUT2D eigenvalue weighted by atomic mass is 32.1. The number of nitro benzene ring substituents is 2. The zero-order valence-corrected chi connectivity index (χ0v) is 17.2. The highest BCUT2D eigenvalue weighted by Crippen LogP contribution is 2.36. The molecule has 32 heavy (non-hydrogen) atoms. The van der Waals surface area contributed by atoms with E-state index >= 15 is 0 Å². The van der Waals surface area contributed by atoms with Crippen molar-refractivity contribution < 1.29 is 38.9 Å². The second-order valence-corrected chi connectivity index (χ2v) is 6.48. The number of carbonyl (C=O) groups excluding carboxylic acids is 3. The van der Waals surface area contributed by atoms with Crippen molar-refractivity contribution in [3.8, 4) is 5.75 Å². The summed E-state index contributed by atoms with van der Waals surface area (Å²) in [6.45, 7) is -0.775. The average Bonchev–Trinajstić information content (AvgIpc) is 2.73. The summed E-state index contributed by atoms with van der Waals surface area (Å²) < 4.78 is 4.75. The van der Waals surface area contributed by atoms with Gasteiger partial charge in [-0.2, -0.15) is 12.6 Å². The van der Waals surface area contributed by atoms with Gasteiger partial charge in [-0.25, -0.2) is 4.79 Å². The minimum absolute atomic E-state index is 0.170. The second-order valence-electron chi connectivity index (χ2n) is 6.12. The molecular weight excluding hydrogens is 454 g/mol. The first-order valence-electron chi connectivity index (χ1n) is 8.76. The summed E-state index contributed by atoms with van der Waals surface area (Å²) in [5.41, 5.74) is 3.37. The van der Waals surface area contributed by atoms with E-state index in [0.29, 0.717) is 0 Å². The van der Waals surface area contributed by atoms with Gasteiger partial charge >= 0.3 is 23.3 Å². The number of carboxylic acids is 1. The zero-order valence-electron chi connectivity index (χ0n) is 16.3. The van der Waals surface area contributed by atoms with E-state index in [9.17, 15) is 39.4 Å². The Hall–Kier alpha value is -3.79. The quantitative estimate of drug-likeness (QED) is 0.0822. The Morgan fingerprint density at radius 1 is 1.19 bits per heavy atom. The number of para-hydroxylation sites is 1. The predicted octanol–water partition coefficient (Wildman–Crippen LogP) is -0.869. The van der Waals surface area contributed by atoms with E-state index in [2.05, 4.69) is 23.3 Å². The van der Waals surface area contributed by atoms with Crippen LogP contribution in [0.5, 0.6) is 5.75 Å². The number of esters is 1. The van der Waals surface area contributed by atoms with Crippen LogP contribution in [-0.2, 0) is 19.2 Å². The molecule has 0 aliphatic rings. The molecule has 1 rings (SSSR count). The lowest BCUT2D eigenvalue weighted by Crippen LogP contribution is -2.49. The third-order valence-electron chi connectivity index (χ3n) is 3.82. The monoisotopic (exact) mass is 473 g/mol. The van der Waals surface area contributed by atoms with Gasteiger partial charge < -0.3 is 26.2 Å². The Bertz CT molecular complexity index is 924. The summed E-state index contributed by atoms with van der Waals surface area (Å²) in [7, 11) is 0. The van der Waals surface area contributed by atoms with Crippen molar-refractivity contribution in [3.63, 3.8) is 0 Å². The van der Waals surface area contributed by atoms with Gasteiger partial charge in [0.2, 0.25) is 17.6 Å². The number of benzene rings is 1. The third kappa shape index (κ3) is 7.80. The fourth-order valence-corrected chi connectivity index (χ4v) is 2.49. The average molecular weight is 473 g/mol. The molecule has 0 heterocycles. The molecule has 5 N–H and O–H groups in total. The number of nitrogens with one attached hydrogen (secondary N) is 2. The summed E-state index contributed by atoms with van der Waals surface area (Å²) in [5.74, 6) is -4.83. The maximum Gasteiger partial charge on any atom is 0.388 e. The Labute approximate surface area is 185 Å². The fourth-order valence-electron chi connectivity index (χ4n) is 2.24. The van der Waals surface area contributed by atoms with E-state index in [1.165, 1.54) is 0 Å². The van der Waals surface area contributed by atoms with Crippen LogP contribution in [0.3, 0.4) is 0 Å². The molecule has 2 amide bonds. The van der Waals surface area contributed by atoms with E-state index in [0.717, 1.165) is 18.2 Å². The molecule has 0 radical (unpaired) electrons. The van der Waals surface area contributed by atoms with Gasteiger partial charge in [-0.3, -0.25) is 34.6 Å². The largest absolute Gasteiger partial charge is 0.480 e. The molecule has 174 valence electrons. The van der Waals surface area contributed by atoms with E-state index in [-0.39, 0.29) is 18.6 Å². The van der Waals surface area contributed by atoms with Crippen LogP contribution in [0.4, 0.5) is 11.4 Å². The van der Waals surface area contributed by atoms with Crippen molar-refractivity contribution in [2.45, 2.75) is 24.9 Å². The number of aliphatic carboxylic acids is 1. The van der Waals surface area contributed by atoms with E-state index < -0.39 is 69.4 Å². The maximum absolute atomic E-state index is 12.1. The van der Waals surface area contributed by atoms with Gasteiger partial charge in [0.15, 0.2) is 0 Å². The zero-order chi connectivity index (χ0) is 24.4. The molecule has 16 heteroatoms. The summed E-state index contributed by atoms with van der Waals surface area (Å²) in [6.07, 6.45) is -0.445. The molecule has 0 aromatic heterocycles. The Kier molecular flexibility index (Phi) is 9.97. The Balaban J connectivity index is 2.68. The van der Waals surface area contributed by atoms with Gasteiger partial charge in [-0.15, -0.1) is 0 Å². The summed E-state index contributed by atoms with van der Waals surface area (Å²) in [4.78, 5) is 66.5. The second kappa shape index (κ2) is 12.2. The van der Waals surface area contributed by atoms with Crippen LogP contribution in [0.15, 0.2) is 18.2 Å². The van der Waals surface area contributed by atoms with Gasteiger partial charge in [0.25, 0.3) is 0 Å². The molecule has 0 spiro atoms. The number of hydrogen-bond donors (Lipinski definition) is 5. The lowest BCUT2D eigenvalue weighted by Gasteiger charge is -2.16. The molecule has 0 saturated carbocycles. The molecule has 2 atom stereocenters. The van der Waals surface area contributed by atoms with Gasteiger partial charge in [-0.1, -0.05) is 6.07 Å². The van der Waals surface area contributed by atoms with Crippen LogP contribution in [0.25, 0.3) is 0 Å². The SMILES string of the molecule is NC(CCC(=O)N[C@H](CS)C(=O)NCC(=O)Oc1cccc([N+](=O)[O-])c1[N+](=O)[O-])C(=O)O. The summed E-state index contributed by atoms with van der Waals surface area (Å²) in [5, 5.41) is 35.1. The Morgan fingerprint density at radius 2 is 1.84 bits per heavy atom. The molecule has 1 aromatic carbocycles. The standard InChI is InChI=1S/C16H19N5O10S/c17-8(16(25)26)4-5-12(22)19-9(7-32)15(24)18-6-13(23)31-11-3-1-2-10(20(27)28)14(11)21(29)30/h1-3,8-9,32H,4-7,17H2,(H,18,24)(H,19,22)(H,25,26)/t8?,9-/m1/s1. The number of carbonyl (C=O) groups is 4. The lowest BCUT2D eigenvalue weighted by atomic mass is 10.1. The first-order chi connectivity index (χ1) is 15.0. The predicted molar refractivity (Wildman–Crippen MR) is 109 cm³/mol. The van der Waals surface area contributed by atoms with Crippen LogP contribution in [0.1, 0.15) is 12.8 Å². The fraction of sp³-hybridized carbons (Fsp3) is 0.375. The molecule has 0 aliphatic heterocycles. The van der Waals surface area contributed by atoms with Crippen molar-refractivity contribution >= 4 is 47.8 Å². The van der Waals surface area contributed by atoms with E-state index in [1.54, 1.807) is 0 Å². The van der Waals surface area contributed by atoms with Crippen LogP contribution in [0, 0.1) is 20.2 Å². The number of carboxylic acid groups (broad SMARTS) is 1. The van der Waals surface area contributed by atoms with E-state index in [4.69, 9.17) is 15.6 Å². The smallest absolute Gasteiger partial charge is 0.388 e. The Morgan fingerprint density at radius 3 is 2.38 bits per heavy atom. The van der Waals surface area contributed by atoms with Crippen molar-refractivity contribution in [1.29, 1.82) is 0 Å². The number of nitrogens with two attached hydrogens (primary N) is 1. The molecular formula is C16H19N5O10S.